The first-order chi connectivity index (χ1) is 7.67. The van der Waals surface area contributed by atoms with Crippen molar-refractivity contribution in [1.29, 1.82) is 0 Å². The van der Waals surface area contributed by atoms with E-state index in [0.717, 1.165) is 0 Å². The molecule has 0 aliphatic rings. The van der Waals surface area contributed by atoms with Crippen LogP contribution in [0.4, 0.5) is 0 Å². The Bertz CT molecular complexity index is 501. The van der Waals surface area contributed by atoms with Crippen LogP contribution in [0.1, 0.15) is 18.1 Å². The summed E-state index contributed by atoms with van der Waals surface area (Å²) in [4.78, 5) is 0.0813. The van der Waals surface area contributed by atoms with E-state index in [2.05, 4.69) is 0 Å². The summed E-state index contributed by atoms with van der Waals surface area (Å²) in [6, 6.07) is 2.92. The summed E-state index contributed by atoms with van der Waals surface area (Å²) in [5.41, 5.74) is 1.33. The van der Waals surface area contributed by atoms with Gasteiger partial charge in [0, 0.05) is 5.02 Å². The maximum Gasteiger partial charge on any atom is 0.197 e. The molecule has 1 aromatic carbocycles. The molecule has 6 heteroatoms. The van der Waals surface area contributed by atoms with Gasteiger partial charge in [0.05, 0.1) is 11.0 Å². The Morgan fingerprint density at radius 1 is 1.24 bits per heavy atom. The van der Waals surface area contributed by atoms with Crippen molar-refractivity contribution in [2.75, 3.05) is 0 Å². The highest BCUT2D eigenvalue weighted by Crippen LogP contribution is 2.28. The SMILES string of the molecule is Cc1cc(S(=O)(=O)C(Cl)C(C)O)cc(C)c1Cl. The van der Waals surface area contributed by atoms with Gasteiger partial charge < -0.3 is 5.11 Å². The number of hydrogen-bond acceptors (Lipinski definition) is 3. The largest absolute Gasteiger partial charge is 0.391 e. The number of hydrogen-bond donors (Lipinski definition) is 1. The van der Waals surface area contributed by atoms with E-state index in [1.165, 1.54) is 19.1 Å². The van der Waals surface area contributed by atoms with E-state index in [-0.39, 0.29) is 4.90 Å². The van der Waals surface area contributed by atoms with Gasteiger partial charge in [0.15, 0.2) is 14.5 Å². The van der Waals surface area contributed by atoms with Crippen molar-refractivity contribution in [3.05, 3.63) is 28.3 Å². The highest BCUT2D eigenvalue weighted by Gasteiger charge is 2.30. The average molecular weight is 297 g/mol. The van der Waals surface area contributed by atoms with Crippen molar-refractivity contribution >= 4 is 33.0 Å². The van der Waals surface area contributed by atoms with Crippen LogP contribution in [0.5, 0.6) is 0 Å². The van der Waals surface area contributed by atoms with Gasteiger partial charge in [-0.05, 0) is 44.0 Å². The van der Waals surface area contributed by atoms with E-state index in [1.54, 1.807) is 13.8 Å². The highest BCUT2D eigenvalue weighted by molar-refractivity contribution is 7.93. The molecule has 1 rings (SSSR count). The van der Waals surface area contributed by atoms with E-state index in [0.29, 0.717) is 16.1 Å². The number of halogens is 2. The second-order valence-corrected chi connectivity index (χ2v) is 7.18. The first-order valence-electron chi connectivity index (χ1n) is 5.00. The van der Waals surface area contributed by atoms with Crippen molar-refractivity contribution in [2.24, 2.45) is 0 Å². The van der Waals surface area contributed by atoms with Crippen LogP contribution in [0.15, 0.2) is 17.0 Å². The number of alkyl halides is 1. The molecule has 1 N–H and O–H groups in total. The fourth-order valence-corrected chi connectivity index (χ4v) is 3.34. The molecule has 0 aromatic heterocycles. The number of benzene rings is 1. The van der Waals surface area contributed by atoms with Gasteiger partial charge in [-0.3, -0.25) is 0 Å². The lowest BCUT2D eigenvalue weighted by molar-refractivity contribution is 0.208. The Labute approximate surface area is 111 Å². The number of sulfone groups is 1. The van der Waals surface area contributed by atoms with Gasteiger partial charge in [0.25, 0.3) is 0 Å². The Hall–Kier alpha value is -0.290. The van der Waals surface area contributed by atoms with E-state index in [4.69, 9.17) is 23.2 Å². The zero-order chi connectivity index (χ0) is 13.4. The molecule has 0 saturated heterocycles. The van der Waals surface area contributed by atoms with Crippen molar-refractivity contribution in [1.82, 2.24) is 0 Å². The molecule has 0 radical (unpaired) electrons. The number of aliphatic hydroxyl groups excluding tert-OH is 1. The first kappa shape index (κ1) is 14.8. The van der Waals surface area contributed by atoms with Gasteiger partial charge in [0.1, 0.15) is 0 Å². The average Bonchev–Trinajstić information content (AvgIpc) is 2.23. The second-order valence-electron chi connectivity index (χ2n) is 4.01. The normalized spacial score (nSPS) is 15.6. The molecule has 0 bridgehead atoms. The third-order valence-electron chi connectivity index (χ3n) is 2.41. The van der Waals surface area contributed by atoms with Crippen molar-refractivity contribution in [3.8, 4) is 0 Å². The standard InChI is InChI=1S/C11H14Cl2O3S/c1-6-4-9(5-7(2)10(6)12)17(15,16)11(13)8(3)14/h4-5,8,11,14H,1-3H3. The van der Waals surface area contributed by atoms with E-state index < -0.39 is 20.7 Å². The quantitative estimate of drug-likeness (QED) is 0.873. The molecule has 0 fully saturated rings. The number of aryl methyl sites for hydroxylation is 2. The van der Waals surface area contributed by atoms with Crippen LogP contribution < -0.4 is 0 Å². The van der Waals surface area contributed by atoms with E-state index >= 15 is 0 Å². The summed E-state index contributed by atoms with van der Waals surface area (Å²) >= 11 is 11.7. The van der Waals surface area contributed by atoms with Crippen LogP contribution in [0.2, 0.25) is 5.02 Å². The zero-order valence-electron chi connectivity index (χ0n) is 9.74. The van der Waals surface area contributed by atoms with Gasteiger partial charge in [-0.15, -0.1) is 11.6 Å². The third kappa shape index (κ3) is 2.94. The lowest BCUT2D eigenvalue weighted by Gasteiger charge is -2.15. The molecule has 96 valence electrons. The van der Waals surface area contributed by atoms with Gasteiger partial charge >= 0.3 is 0 Å². The number of rotatable bonds is 3. The van der Waals surface area contributed by atoms with Crippen molar-refractivity contribution in [3.63, 3.8) is 0 Å². The molecule has 1 aromatic rings. The fraction of sp³-hybridized carbons (Fsp3) is 0.455. The fourth-order valence-electron chi connectivity index (χ4n) is 1.46. The van der Waals surface area contributed by atoms with Crippen LogP contribution in [0.25, 0.3) is 0 Å². The van der Waals surface area contributed by atoms with Gasteiger partial charge in [-0.1, -0.05) is 11.6 Å². The topological polar surface area (TPSA) is 54.4 Å². The number of aliphatic hydroxyl groups is 1. The summed E-state index contributed by atoms with van der Waals surface area (Å²) in [6.45, 7) is 4.78. The molecule has 2 atom stereocenters. The molecule has 0 aliphatic heterocycles. The maximum absolute atomic E-state index is 12.1. The predicted molar refractivity (Wildman–Crippen MR) is 69.4 cm³/mol. The smallest absolute Gasteiger partial charge is 0.197 e. The van der Waals surface area contributed by atoms with Crippen LogP contribution >= 0.6 is 23.2 Å². The minimum Gasteiger partial charge on any atom is -0.391 e. The molecule has 0 amide bonds. The van der Waals surface area contributed by atoms with Gasteiger partial charge in [-0.25, -0.2) is 8.42 Å². The molecule has 0 spiro atoms. The highest BCUT2D eigenvalue weighted by atomic mass is 35.5. The molecule has 17 heavy (non-hydrogen) atoms. The molecule has 2 unspecified atom stereocenters. The molecule has 3 nitrogen and oxygen atoms in total. The summed E-state index contributed by atoms with van der Waals surface area (Å²) < 4.78 is 22.7. The maximum atomic E-state index is 12.1. The van der Waals surface area contributed by atoms with E-state index in [9.17, 15) is 13.5 Å². The molecular formula is C11H14Cl2O3S. The molecule has 0 heterocycles. The summed E-state index contributed by atoms with van der Waals surface area (Å²) in [7, 11) is -3.74. The Balaban J connectivity index is 3.35. The van der Waals surface area contributed by atoms with Crippen molar-refractivity contribution in [2.45, 2.75) is 36.5 Å². The minimum atomic E-state index is -3.74. The monoisotopic (exact) mass is 296 g/mol. The Morgan fingerprint density at radius 3 is 2.00 bits per heavy atom. The lowest BCUT2D eigenvalue weighted by atomic mass is 10.2. The summed E-state index contributed by atoms with van der Waals surface area (Å²) in [6.07, 6.45) is -1.14. The summed E-state index contributed by atoms with van der Waals surface area (Å²) in [5, 5.41) is 9.81. The Kier molecular flexibility index (Phi) is 4.47. The zero-order valence-corrected chi connectivity index (χ0v) is 12.1. The van der Waals surface area contributed by atoms with Gasteiger partial charge in [-0.2, -0.15) is 0 Å². The van der Waals surface area contributed by atoms with Crippen LogP contribution in [0, 0.1) is 13.8 Å². The molecule has 0 saturated carbocycles. The van der Waals surface area contributed by atoms with Crippen LogP contribution in [0.3, 0.4) is 0 Å². The molecule has 0 aliphatic carbocycles. The lowest BCUT2D eigenvalue weighted by Crippen LogP contribution is -2.27. The molecular weight excluding hydrogens is 283 g/mol. The van der Waals surface area contributed by atoms with Crippen molar-refractivity contribution < 1.29 is 13.5 Å². The van der Waals surface area contributed by atoms with Gasteiger partial charge in [0.2, 0.25) is 0 Å². The van der Waals surface area contributed by atoms with Crippen LogP contribution in [-0.2, 0) is 9.84 Å². The third-order valence-corrected chi connectivity index (χ3v) is 5.96. The van der Waals surface area contributed by atoms with Crippen LogP contribution in [-0.4, -0.2) is 24.3 Å². The predicted octanol–water partition coefficient (Wildman–Crippen LogP) is 2.68. The minimum absolute atomic E-state index is 0.0813. The first-order valence-corrected chi connectivity index (χ1v) is 7.36. The summed E-state index contributed by atoms with van der Waals surface area (Å²) in [5.74, 6) is 0. The van der Waals surface area contributed by atoms with E-state index in [1.807, 2.05) is 0 Å². The Morgan fingerprint density at radius 2 is 1.65 bits per heavy atom. The second kappa shape index (κ2) is 5.14.